The molecule has 4 aromatic carbocycles. The largest absolute Gasteiger partial charge is 1.00 e. The van der Waals surface area contributed by atoms with E-state index in [4.69, 9.17) is 4.74 Å². The number of hydrogen-bond acceptors (Lipinski definition) is 2. The Kier molecular flexibility index (Phi) is 8.79. The van der Waals surface area contributed by atoms with Crippen LogP contribution in [-0.2, 0) is 4.74 Å². The number of benzene rings is 4. The molecule has 0 aliphatic heterocycles. The van der Waals surface area contributed by atoms with Gasteiger partial charge in [0.1, 0.15) is 23.2 Å². The Labute approximate surface area is 201 Å². The highest BCUT2D eigenvalue weighted by Crippen LogP contribution is 2.55. The van der Waals surface area contributed by atoms with E-state index in [1.807, 2.05) is 18.2 Å². The lowest BCUT2D eigenvalue weighted by Gasteiger charge is -2.27. The molecule has 4 rings (SSSR count). The molecule has 0 bridgehead atoms. The minimum atomic E-state index is -1.88. The van der Waals surface area contributed by atoms with E-state index in [-0.39, 0.29) is 23.0 Å². The average molecular weight is 505 g/mol. The van der Waals surface area contributed by atoms with Gasteiger partial charge in [0.25, 0.3) is 0 Å². The topological polar surface area (TPSA) is 26.3 Å². The summed E-state index contributed by atoms with van der Waals surface area (Å²) in [5, 5.41) is 4.05. The fraction of sp³-hybridized carbons (Fsp3) is 0.107. The third kappa shape index (κ3) is 5.35. The van der Waals surface area contributed by atoms with Crippen LogP contribution in [-0.4, -0.2) is 18.7 Å². The molecule has 0 saturated heterocycles. The van der Waals surface area contributed by atoms with Gasteiger partial charge in [-0.25, -0.2) is 4.79 Å². The lowest BCUT2D eigenvalue weighted by Crippen LogP contribution is -3.00. The van der Waals surface area contributed by atoms with Crippen LogP contribution in [0.3, 0.4) is 0 Å². The zero-order chi connectivity index (χ0) is 21.4. The van der Waals surface area contributed by atoms with Crippen LogP contribution in [0.25, 0.3) is 0 Å². The second kappa shape index (κ2) is 11.8. The molecule has 0 aliphatic rings. The first-order valence-electron chi connectivity index (χ1n) is 10.6. The van der Waals surface area contributed by atoms with Gasteiger partial charge in [-0.3, -0.25) is 0 Å². The molecule has 0 N–H and O–H groups in total. The number of carbonyl (C=O) groups is 1. The van der Waals surface area contributed by atoms with Gasteiger partial charge in [-0.2, -0.15) is 0 Å². The van der Waals surface area contributed by atoms with Gasteiger partial charge in [0, 0.05) is 6.42 Å². The van der Waals surface area contributed by atoms with Crippen LogP contribution < -0.4 is 32.9 Å². The Morgan fingerprint density at radius 3 is 1.38 bits per heavy atom. The summed E-state index contributed by atoms with van der Waals surface area (Å²) in [6.45, 7) is 0.405. The van der Waals surface area contributed by atoms with Crippen LogP contribution in [0.15, 0.2) is 121 Å². The van der Waals surface area contributed by atoms with E-state index in [0.717, 1.165) is 12.6 Å². The number of halogens is 1. The summed E-state index contributed by atoms with van der Waals surface area (Å²) in [6.07, 6.45) is 1.73. The monoisotopic (exact) mass is 504 g/mol. The van der Waals surface area contributed by atoms with Gasteiger partial charge in [-0.05, 0) is 48.5 Å². The molecule has 0 unspecified atom stereocenters. The quantitative estimate of drug-likeness (QED) is 0.209. The molecule has 0 heterocycles. The highest BCUT2D eigenvalue weighted by molar-refractivity contribution is 7.95. The first-order valence-corrected chi connectivity index (χ1v) is 12.6. The third-order valence-corrected chi connectivity index (χ3v) is 10.00. The standard InChI is InChI=1S/C28H26O2P.BrH/c29-28(24-14-5-1-6-15-24)30-22-13-23-31(25-16-7-2-8-17-25,26-18-9-3-10-19-26)27-20-11-4-12-21-27;/h1-12,14-21H,13,22-23H2;1H/q+1;/p-1. The molecule has 2 nitrogen and oxygen atoms in total. The molecule has 162 valence electrons. The third-order valence-electron chi connectivity index (χ3n) is 5.47. The first-order chi connectivity index (χ1) is 15.3. The lowest BCUT2D eigenvalue weighted by atomic mass is 10.2. The maximum atomic E-state index is 12.4. The van der Waals surface area contributed by atoms with E-state index >= 15 is 0 Å². The van der Waals surface area contributed by atoms with Crippen molar-refractivity contribution in [2.75, 3.05) is 12.8 Å². The van der Waals surface area contributed by atoms with Crippen molar-refractivity contribution in [2.45, 2.75) is 6.42 Å². The van der Waals surface area contributed by atoms with Crippen molar-refractivity contribution in [3.05, 3.63) is 127 Å². The Bertz CT molecular complexity index is 991. The molecule has 0 aromatic heterocycles. The SMILES string of the molecule is O=C(OCCC[P+](c1ccccc1)(c1ccccc1)c1ccccc1)c1ccccc1.[Br-]. The number of carbonyl (C=O) groups excluding carboxylic acids is 1. The molecule has 4 aromatic rings. The molecule has 0 radical (unpaired) electrons. The van der Waals surface area contributed by atoms with E-state index in [1.54, 1.807) is 12.1 Å². The minimum Gasteiger partial charge on any atom is -1.00 e. The van der Waals surface area contributed by atoms with Crippen LogP contribution in [0.1, 0.15) is 16.8 Å². The summed E-state index contributed by atoms with van der Waals surface area (Å²) in [7, 11) is -1.88. The second-order valence-electron chi connectivity index (χ2n) is 7.40. The fourth-order valence-electron chi connectivity index (χ4n) is 4.01. The van der Waals surface area contributed by atoms with Crippen molar-refractivity contribution in [3.63, 3.8) is 0 Å². The molecule has 0 aliphatic carbocycles. The van der Waals surface area contributed by atoms with Crippen LogP contribution in [0.5, 0.6) is 0 Å². The van der Waals surface area contributed by atoms with Crippen molar-refractivity contribution in [1.82, 2.24) is 0 Å². The lowest BCUT2D eigenvalue weighted by molar-refractivity contribution is -0.0000239. The molecule has 32 heavy (non-hydrogen) atoms. The predicted octanol–water partition coefficient (Wildman–Crippen LogP) is 2.23. The Balaban J connectivity index is 0.00000289. The van der Waals surface area contributed by atoms with E-state index in [1.165, 1.54) is 15.9 Å². The molecule has 0 saturated carbocycles. The number of rotatable bonds is 8. The van der Waals surface area contributed by atoms with Crippen molar-refractivity contribution in [2.24, 2.45) is 0 Å². The van der Waals surface area contributed by atoms with E-state index in [2.05, 4.69) is 91.0 Å². The van der Waals surface area contributed by atoms with Crippen molar-refractivity contribution in [3.8, 4) is 0 Å². The molecule has 0 spiro atoms. The molecular weight excluding hydrogens is 479 g/mol. The molecular formula is C28H26BrO2P. The van der Waals surface area contributed by atoms with Gasteiger partial charge < -0.3 is 21.7 Å². The minimum absolute atomic E-state index is 0. The van der Waals surface area contributed by atoms with Crippen LogP contribution >= 0.6 is 7.26 Å². The van der Waals surface area contributed by atoms with Crippen LogP contribution in [0.4, 0.5) is 0 Å². The van der Waals surface area contributed by atoms with Gasteiger partial charge in [0.05, 0.1) is 18.3 Å². The van der Waals surface area contributed by atoms with Crippen molar-refractivity contribution in [1.29, 1.82) is 0 Å². The van der Waals surface area contributed by atoms with Gasteiger partial charge in [0.15, 0.2) is 0 Å². The molecule has 4 heteroatoms. The van der Waals surface area contributed by atoms with Crippen molar-refractivity contribution >= 4 is 29.1 Å². The van der Waals surface area contributed by atoms with Gasteiger partial charge in [-0.1, -0.05) is 72.8 Å². The summed E-state index contributed by atoms with van der Waals surface area (Å²) >= 11 is 0. The zero-order valence-electron chi connectivity index (χ0n) is 17.8. The average Bonchev–Trinajstić information content (AvgIpc) is 2.86. The second-order valence-corrected chi connectivity index (χ2v) is 11.0. The predicted molar refractivity (Wildman–Crippen MR) is 131 cm³/mol. The van der Waals surface area contributed by atoms with E-state index in [9.17, 15) is 4.79 Å². The summed E-state index contributed by atoms with van der Waals surface area (Å²) in [4.78, 5) is 12.4. The fourth-order valence-corrected chi connectivity index (χ4v) is 8.32. The van der Waals surface area contributed by atoms with Gasteiger partial charge in [-0.15, -0.1) is 0 Å². The van der Waals surface area contributed by atoms with Gasteiger partial charge in [0.2, 0.25) is 0 Å². The van der Waals surface area contributed by atoms with Crippen molar-refractivity contribution < 1.29 is 26.5 Å². The Morgan fingerprint density at radius 2 is 0.969 bits per heavy atom. The number of esters is 1. The summed E-state index contributed by atoms with van der Waals surface area (Å²) in [5.41, 5.74) is 0.595. The van der Waals surface area contributed by atoms with Gasteiger partial charge >= 0.3 is 5.97 Å². The van der Waals surface area contributed by atoms with E-state index < -0.39 is 7.26 Å². The van der Waals surface area contributed by atoms with E-state index in [0.29, 0.717) is 12.2 Å². The van der Waals surface area contributed by atoms with Crippen LogP contribution in [0, 0.1) is 0 Å². The summed E-state index contributed by atoms with van der Waals surface area (Å²) in [6, 6.07) is 41.5. The molecule has 0 fully saturated rings. The first kappa shape index (κ1) is 23.9. The highest BCUT2D eigenvalue weighted by atomic mass is 79.9. The Morgan fingerprint density at radius 1 is 0.594 bits per heavy atom. The Hall–Kier alpha value is -2.74. The maximum absolute atomic E-state index is 12.4. The normalized spacial score (nSPS) is 10.8. The van der Waals surface area contributed by atoms with Crippen LogP contribution in [0.2, 0.25) is 0 Å². The maximum Gasteiger partial charge on any atom is 0.338 e. The zero-order valence-corrected chi connectivity index (χ0v) is 20.3. The summed E-state index contributed by atoms with van der Waals surface area (Å²) < 4.78 is 5.61. The number of hydrogen-bond donors (Lipinski definition) is 0. The number of ether oxygens (including phenoxy) is 1. The summed E-state index contributed by atoms with van der Waals surface area (Å²) in [5.74, 6) is -0.260. The molecule has 0 amide bonds. The molecule has 0 atom stereocenters. The smallest absolute Gasteiger partial charge is 0.338 e. The highest BCUT2D eigenvalue weighted by Gasteiger charge is 2.44.